The first-order valence-electron chi connectivity index (χ1n) is 6.49. The highest BCUT2D eigenvalue weighted by Gasteiger charge is 2.17. The number of nitrogens with two attached hydrogens (primary N) is 1. The van der Waals surface area contributed by atoms with Gasteiger partial charge in [-0.2, -0.15) is 0 Å². The predicted octanol–water partition coefficient (Wildman–Crippen LogP) is 1.75. The third-order valence-electron chi connectivity index (χ3n) is 3.51. The van der Waals surface area contributed by atoms with Crippen molar-refractivity contribution in [3.63, 3.8) is 0 Å². The summed E-state index contributed by atoms with van der Waals surface area (Å²) in [6.07, 6.45) is 4.93. The Morgan fingerprint density at radius 3 is 2.63 bits per heavy atom. The van der Waals surface area contributed by atoms with Gasteiger partial charge in [0.15, 0.2) is 0 Å². The van der Waals surface area contributed by atoms with Gasteiger partial charge in [-0.1, -0.05) is 12.8 Å². The molecule has 6 heteroatoms. The van der Waals surface area contributed by atoms with Crippen LogP contribution in [0, 0.1) is 5.92 Å². The molecule has 0 amide bonds. The van der Waals surface area contributed by atoms with Gasteiger partial charge < -0.3 is 10.5 Å². The van der Waals surface area contributed by atoms with Crippen molar-refractivity contribution in [1.82, 2.24) is 4.72 Å². The first-order valence-corrected chi connectivity index (χ1v) is 7.97. The van der Waals surface area contributed by atoms with E-state index in [-0.39, 0.29) is 4.90 Å². The molecule has 0 spiro atoms. The second-order valence-corrected chi connectivity index (χ2v) is 6.76. The molecule has 2 rings (SSSR count). The van der Waals surface area contributed by atoms with Crippen LogP contribution in [0.5, 0.6) is 5.75 Å². The molecule has 1 aliphatic carbocycles. The van der Waals surface area contributed by atoms with E-state index in [9.17, 15) is 8.42 Å². The summed E-state index contributed by atoms with van der Waals surface area (Å²) in [6.45, 7) is 0.655. The quantitative estimate of drug-likeness (QED) is 0.807. The van der Waals surface area contributed by atoms with Crippen LogP contribution in [0.15, 0.2) is 23.1 Å². The molecule has 0 heterocycles. The summed E-state index contributed by atoms with van der Waals surface area (Å²) in [5.41, 5.74) is 6.20. The lowest BCUT2D eigenvalue weighted by atomic mass is 10.1. The number of rotatable bonds is 5. The minimum absolute atomic E-state index is 0.153. The lowest BCUT2D eigenvalue weighted by Crippen LogP contribution is -2.18. The molecule has 19 heavy (non-hydrogen) atoms. The van der Waals surface area contributed by atoms with Crippen molar-refractivity contribution in [2.24, 2.45) is 5.92 Å². The average molecular weight is 284 g/mol. The number of hydrogen-bond acceptors (Lipinski definition) is 4. The number of anilines is 1. The zero-order valence-electron chi connectivity index (χ0n) is 11.1. The Morgan fingerprint density at radius 2 is 2.05 bits per heavy atom. The van der Waals surface area contributed by atoms with Crippen molar-refractivity contribution in [2.75, 3.05) is 19.4 Å². The summed E-state index contributed by atoms with van der Waals surface area (Å²) in [6, 6.07) is 4.55. The fourth-order valence-electron chi connectivity index (χ4n) is 2.33. The van der Waals surface area contributed by atoms with Gasteiger partial charge in [0.25, 0.3) is 0 Å². The zero-order chi connectivity index (χ0) is 13.9. The van der Waals surface area contributed by atoms with Gasteiger partial charge in [-0.05, 0) is 44.0 Å². The summed E-state index contributed by atoms with van der Waals surface area (Å²) < 4.78 is 31.2. The maximum Gasteiger partial charge on any atom is 0.240 e. The molecule has 1 saturated carbocycles. The third-order valence-corrected chi connectivity index (χ3v) is 4.92. The molecular formula is C13H20N2O3S. The van der Waals surface area contributed by atoms with Crippen molar-refractivity contribution in [3.8, 4) is 5.75 Å². The van der Waals surface area contributed by atoms with Gasteiger partial charge >= 0.3 is 0 Å². The Bertz CT molecular complexity index is 537. The van der Waals surface area contributed by atoms with Crippen LogP contribution in [0.3, 0.4) is 0 Å². The first kappa shape index (κ1) is 14.1. The van der Waals surface area contributed by atoms with Crippen molar-refractivity contribution in [2.45, 2.75) is 30.6 Å². The minimum Gasteiger partial charge on any atom is -0.491 e. The van der Waals surface area contributed by atoms with Crippen LogP contribution in [0.4, 0.5) is 5.69 Å². The molecule has 0 radical (unpaired) electrons. The standard InChI is InChI=1S/C13H20N2O3S/c1-15-19(16,17)11-6-7-13(12(14)8-11)18-9-10-4-2-3-5-10/h6-8,10,15H,2-5,9,14H2,1H3. The molecule has 5 nitrogen and oxygen atoms in total. The maximum absolute atomic E-state index is 11.6. The second kappa shape index (κ2) is 5.79. The summed E-state index contributed by atoms with van der Waals surface area (Å²) in [7, 11) is -2.08. The minimum atomic E-state index is -3.45. The highest BCUT2D eigenvalue weighted by Crippen LogP contribution is 2.28. The number of hydrogen-bond donors (Lipinski definition) is 2. The monoisotopic (exact) mass is 284 g/mol. The van der Waals surface area contributed by atoms with Crippen LogP contribution in [0.2, 0.25) is 0 Å². The highest BCUT2D eigenvalue weighted by atomic mass is 32.2. The molecule has 1 aromatic rings. The van der Waals surface area contributed by atoms with Crippen LogP contribution < -0.4 is 15.2 Å². The lowest BCUT2D eigenvalue weighted by molar-refractivity contribution is 0.253. The summed E-state index contributed by atoms with van der Waals surface area (Å²) in [5.74, 6) is 1.15. The van der Waals surface area contributed by atoms with E-state index in [1.54, 1.807) is 6.07 Å². The average Bonchev–Trinajstić information content (AvgIpc) is 2.90. The van der Waals surface area contributed by atoms with Gasteiger partial charge in [0, 0.05) is 0 Å². The Hall–Kier alpha value is -1.27. The maximum atomic E-state index is 11.6. The summed E-state index contributed by atoms with van der Waals surface area (Å²) >= 11 is 0. The zero-order valence-corrected chi connectivity index (χ0v) is 11.9. The van der Waals surface area contributed by atoms with Gasteiger partial charge in [-0.25, -0.2) is 13.1 Å². The Morgan fingerprint density at radius 1 is 1.37 bits per heavy atom. The molecule has 0 aromatic heterocycles. The second-order valence-electron chi connectivity index (χ2n) is 4.87. The van der Waals surface area contributed by atoms with E-state index in [2.05, 4.69) is 4.72 Å². The van der Waals surface area contributed by atoms with Gasteiger partial charge in [0.1, 0.15) is 5.75 Å². The van der Waals surface area contributed by atoms with E-state index in [0.717, 1.165) is 0 Å². The topological polar surface area (TPSA) is 81.4 Å². The van der Waals surface area contributed by atoms with Crippen molar-refractivity contribution in [3.05, 3.63) is 18.2 Å². The van der Waals surface area contributed by atoms with E-state index >= 15 is 0 Å². The SMILES string of the molecule is CNS(=O)(=O)c1ccc(OCC2CCCC2)c(N)c1. The van der Waals surface area contributed by atoms with Gasteiger partial charge in [0.05, 0.1) is 17.2 Å². The normalized spacial score (nSPS) is 16.7. The Kier molecular flexibility index (Phi) is 4.31. The van der Waals surface area contributed by atoms with Crippen LogP contribution in [-0.2, 0) is 10.0 Å². The Labute approximate surface area is 114 Å². The van der Waals surface area contributed by atoms with Crippen molar-refractivity contribution >= 4 is 15.7 Å². The number of nitrogens with one attached hydrogen (secondary N) is 1. The third kappa shape index (κ3) is 3.39. The highest BCUT2D eigenvalue weighted by molar-refractivity contribution is 7.89. The lowest BCUT2D eigenvalue weighted by Gasteiger charge is -2.13. The summed E-state index contributed by atoms with van der Waals surface area (Å²) in [5, 5.41) is 0. The van der Waals surface area contributed by atoms with Gasteiger partial charge in [-0.3, -0.25) is 0 Å². The van der Waals surface area contributed by atoms with Crippen LogP contribution in [0.25, 0.3) is 0 Å². The number of ether oxygens (including phenoxy) is 1. The molecule has 0 bridgehead atoms. The van der Waals surface area contributed by atoms with E-state index in [0.29, 0.717) is 24.0 Å². The van der Waals surface area contributed by atoms with Crippen molar-refractivity contribution < 1.29 is 13.2 Å². The van der Waals surface area contributed by atoms with Crippen LogP contribution in [-0.4, -0.2) is 22.1 Å². The molecule has 1 aliphatic rings. The van der Waals surface area contributed by atoms with E-state index in [1.807, 2.05) is 0 Å². The van der Waals surface area contributed by atoms with E-state index in [4.69, 9.17) is 10.5 Å². The number of benzene rings is 1. The predicted molar refractivity (Wildman–Crippen MR) is 74.6 cm³/mol. The molecule has 1 aromatic carbocycles. The Balaban J connectivity index is 2.06. The molecule has 106 valence electrons. The largest absolute Gasteiger partial charge is 0.491 e. The van der Waals surface area contributed by atoms with E-state index < -0.39 is 10.0 Å². The fraction of sp³-hybridized carbons (Fsp3) is 0.538. The number of nitrogen functional groups attached to an aromatic ring is 1. The molecule has 0 saturated heterocycles. The molecule has 3 N–H and O–H groups in total. The van der Waals surface area contributed by atoms with Gasteiger partial charge in [0.2, 0.25) is 10.0 Å². The molecule has 1 fully saturated rings. The first-order chi connectivity index (χ1) is 9.03. The molecular weight excluding hydrogens is 264 g/mol. The molecule has 0 atom stereocenters. The van der Waals surface area contributed by atoms with Crippen LogP contribution >= 0.6 is 0 Å². The fourth-order valence-corrected chi connectivity index (χ4v) is 3.09. The summed E-state index contributed by atoms with van der Waals surface area (Å²) in [4.78, 5) is 0.153. The number of sulfonamides is 1. The van der Waals surface area contributed by atoms with E-state index in [1.165, 1.54) is 44.9 Å². The van der Waals surface area contributed by atoms with Crippen molar-refractivity contribution in [1.29, 1.82) is 0 Å². The van der Waals surface area contributed by atoms with Gasteiger partial charge in [-0.15, -0.1) is 0 Å². The smallest absolute Gasteiger partial charge is 0.240 e. The van der Waals surface area contributed by atoms with Crippen LogP contribution in [0.1, 0.15) is 25.7 Å². The molecule has 0 aliphatic heterocycles. The molecule has 0 unspecified atom stereocenters.